The molecule has 7 heteroatoms. The Labute approximate surface area is 185 Å². The molecule has 0 aromatic carbocycles. The van der Waals surface area contributed by atoms with E-state index in [0.717, 1.165) is 12.8 Å². The van der Waals surface area contributed by atoms with Crippen LogP contribution in [0.15, 0.2) is 12.2 Å². The molecule has 0 saturated heterocycles. The lowest BCUT2D eigenvalue weighted by Gasteiger charge is -2.29. The van der Waals surface area contributed by atoms with Crippen LogP contribution in [0.2, 0.25) is 0 Å². The molecule has 30 heavy (non-hydrogen) atoms. The molecule has 0 amide bonds. The van der Waals surface area contributed by atoms with E-state index in [0.29, 0.717) is 17.6 Å². The minimum absolute atomic E-state index is 0.386. The second kappa shape index (κ2) is 18.4. The number of unbranched alkanes of at least 4 members (excludes halogenated alkanes) is 12. The summed E-state index contributed by atoms with van der Waals surface area (Å²) in [6.07, 6.45) is 21.3. The fraction of sp³-hybridized carbons (Fsp3) is 0.913. The quantitative estimate of drug-likeness (QED) is 0.0718. The van der Waals surface area contributed by atoms with Gasteiger partial charge in [0.25, 0.3) is 0 Å². The molecule has 0 heterocycles. The highest BCUT2D eigenvalue weighted by Gasteiger charge is 2.27. The molecule has 0 spiro atoms. The van der Waals surface area contributed by atoms with Crippen molar-refractivity contribution in [2.45, 2.75) is 103 Å². The number of likely N-dealkylation sites (N-methyl/N-ethyl adjacent to an activating group) is 1. The predicted octanol–water partition coefficient (Wildman–Crippen LogP) is 6.18. The smallest absolute Gasteiger partial charge is 0.347 e. The lowest BCUT2D eigenvalue weighted by Crippen LogP contribution is -2.43. The lowest BCUT2D eigenvalue weighted by molar-refractivity contribution is -0.876. The average Bonchev–Trinajstić information content (AvgIpc) is 2.61. The van der Waals surface area contributed by atoms with Gasteiger partial charge in [0, 0.05) is 6.61 Å². The molecular formula is C23H49NO5P+. The Morgan fingerprint density at radius 3 is 1.73 bits per heavy atom. The van der Waals surface area contributed by atoms with Crippen LogP contribution >= 0.6 is 7.82 Å². The number of nitrogens with zero attached hydrogens (tertiary/aromatic N) is 1. The van der Waals surface area contributed by atoms with Crippen LogP contribution in [0.25, 0.3) is 0 Å². The molecule has 0 rings (SSSR count). The van der Waals surface area contributed by atoms with Gasteiger partial charge in [-0.3, -0.25) is 4.52 Å². The molecule has 0 aliphatic heterocycles. The predicted molar refractivity (Wildman–Crippen MR) is 125 cm³/mol. The van der Waals surface area contributed by atoms with Crippen LogP contribution in [0.5, 0.6) is 0 Å². The SMILES string of the molecule is CCCCCCCC/C=C\CCCCCCCCOC(C[N+](C)(C)C)OP(=O)(O)O. The summed E-state index contributed by atoms with van der Waals surface area (Å²) in [6.45, 7) is 3.11. The second-order valence-corrected chi connectivity index (χ2v) is 10.5. The van der Waals surface area contributed by atoms with Crippen LogP contribution in [0.1, 0.15) is 96.8 Å². The summed E-state index contributed by atoms with van der Waals surface area (Å²) in [6, 6.07) is 0. The summed E-state index contributed by atoms with van der Waals surface area (Å²) in [5.74, 6) is 0. The van der Waals surface area contributed by atoms with Crippen LogP contribution in [0.4, 0.5) is 0 Å². The average molecular weight is 451 g/mol. The van der Waals surface area contributed by atoms with Gasteiger partial charge in [-0.15, -0.1) is 0 Å². The summed E-state index contributed by atoms with van der Waals surface area (Å²) in [5.41, 5.74) is 0. The van der Waals surface area contributed by atoms with Crippen molar-refractivity contribution in [3.63, 3.8) is 0 Å². The molecule has 1 atom stereocenters. The van der Waals surface area contributed by atoms with Crippen molar-refractivity contribution >= 4 is 7.82 Å². The molecule has 6 nitrogen and oxygen atoms in total. The van der Waals surface area contributed by atoms with E-state index < -0.39 is 14.1 Å². The normalized spacial score (nSPS) is 13.9. The van der Waals surface area contributed by atoms with E-state index in [9.17, 15) is 4.57 Å². The summed E-state index contributed by atoms with van der Waals surface area (Å²) in [4.78, 5) is 18.1. The molecule has 0 aliphatic rings. The number of allylic oxidation sites excluding steroid dienone is 2. The van der Waals surface area contributed by atoms with Crippen molar-refractivity contribution < 1.29 is 28.1 Å². The molecule has 0 saturated carbocycles. The highest BCUT2D eigenvalue weighted by atomic mass is 31.2. The van der Waals surface area contributed by atoms with Gasteiger partial charge in [-0.25, -0.2) is 4.57 Å². The van der Waals surface area contributed by atoms with Gasteiger partial charge in [0.1, 0.15) is 6.54 Å². The topological polar surface area (TPSA) is 76.0 Å². The van der Waals surface area contributed by atoms with Crippen LogP contribution in [-0.4, -0.2) is 54.9 Å². The first kappa shape index (κ1) is 29.8. The van der Waals surface area contributed by atoms with Crippen LogP contribution < -0.4 is 0 Å². The highest BCUT2D eigenvalue weighted by molar-refractivity contribution is 7.46. The zero-order valence-electron chi connectivity index (χ0n) is 20.1. The van der Waals surface area contributed by atoms with Crippen molar-refractivity contribution in [1.82, 2.24) is 0 Å². The highest BCUT2D eigenvalue weighted by Crippen LogP contribution is 2.38. The van der Waals surface area contributed by atoms with Crippen LogP contribution in [0.3, 0.4) is 0 Å². The van der Waals surface area contributed by atoms with Crippen molar-refractivity contribution in [3.8, 4) is 0 Å². The fourth-order valence-electron chi connectivity index (χ4n) is 3.28. The second-order valence-electron chi connectivity index (χ2n) is 9.31. The molecule has 0 aromatic heterocycles. The molecule has 0 aliphatic carbocycles. The summed E-state index contributed by atoms with van der Waals surface area (Å²) < 4.78 is 21.9. The number of phosphoric acid groups is 1. The Morgan fingerprint density at radius 2 is 1.27 bits per heavy atom. The first-order valence-electron chi connectivity index (χ1n) is 11.9. The Morgan fingerprint density at radius 1 is 0.800 bits per heavy atom. The Kier molecular flexibility index (Phi) is 18.2. The van der Waals surface area contributed by atoms with E-state index >= 15 is 0 Å². The molecule has 1 unspecified atom stereocenters. The maximum Gasteiger partial charge on any atom is 0.472 e. The van der Waals surface area contributed by atoms with Gasteiger partial charge in [-0.1, -0.05) is 76.9 Å². The van der Waals surface area contributed by atoms with E-state index in [4.69, 9.17) is 19.0 Å². The summed E-state index contributed by atoms with van der Waals surface area (Å²) in [7, 11) is 1.26. The van der Waals surface area contributed by atoms with Gasteiger partial charge in [-0.05, 0) is 32.1 Å². The minimum Gasteiger partial charge on any atom is -0.347 e. The number of ether oxygens (including phenoxy) is 1. The molecule has 0 fully saturated rings. The van der Waals surface area contributed by atoms with Crippen molar-refractivity contribution in [2.75, 3.05) is 34.3 Å². The van der Waals surface area contributed by atoms with Gasteiger partial charge in [0.05, 0.1) is 21.1 Å². The van der Waals surface area contributed by atoms with E-state index in [1.807, 2.05) is 21.1 Å². The van der Waals surface area contributed by atoms with E-state index in [2.05, 4.69) is 19.1 Å². The largest absolute Gasteiger partial charge is 0.472 e. The first-order valence-corrected chi connectivity index (χ1v) is 13.5. The molecule has 0 radical (unpaired) electrons. The Balaban J connectivity index is 3.57. The van der Waals surface area contributed by atoms with E-state index in [1.54, 1.807) is 0 Å². The zero-order chi connectivity index (χ0) is 22.7. The maximum absolute atomic E-state index is 11.1. The number of rotatable bonds is 21. The summed E-state index contributed by atoms with van der Waals surface area (Å²) >= 11 is 0. The number of quaternary nitrogens is 1. The third-order valence-electron chi connectivity index (χ3n) is 4.91. The van der Waals surface area contributed by atoms with E-state index in [-0.39, 0.29) is 0 Å². The first-order chi connectivity index (χ1) is 14.1. The van der Waals surface area contributed by atoms with E-state index in [1.165, 1.54) is 77.0 Å². The zero-order valence-corrected chi connectivity index (χ0v) is 21.0. The van der Waals surface area contributed by atoms with Crippen molar-refractivity contribution in [2.24, 2.45) is 0 Å². The van der Waals surface area contributed by atoms with Gasteiger partial charge in [-0.2, -0.15) is 0 Å². The number of hydrogen-bond donors (Lipinski definition) is 2. The monoisotopic (exact) mass is 450 g/mol. The Hall–Kier alpha value is -0.230. The Bertz CT molecular complexity index is 459. The number of phosphoric ester groups is 1. The third-order valence-corrected chi connectivity index (χ3v) is 5.42. The third kappa shape index (κ3) is 24.0. The fourth-order valence-corrected chi connectivity index (χ4v) is 3.72. The molecule has 2 N–H and O–H groups in total. The number of hydrogen-bond acceptors (Lipinski definition) is 3. The molecule has 0 aromatic rings. The van der Waals surface area contributed by atoms with Gasteiger partial charge in [0.15, 0.2) is 0 Å². The van der Waals surface area contributed by atoms with Gasteiger partial charge < -0.3 is 19.0 Å². The lowest BCUT2D eigenvalue weighted by atomic mass is 10.1. The molecule has 0 bridgehead atoms. The van der Waals surface area contributed by atoms with Crippen molar-refractivity contribution in [1.29, 1.82) is 0 Å². The maximum atomic E-state index is 11.1. The molecule has 180 valence electrons. The van der Waals surface area contributed by atoms with Crippen LogP contribution in [-0.2, 0) is 13.8 Å². The molecular weight excluding hydrogens is 401 g/mol. The van der Waals surface area contributed by atoms with Crippen LogP contribution in [0, 0.1) is 0 Å². The summed E-state index contributed by atoms with van der Waals surface area (Å²) in [5, 5.41) is 0. The van der Waals surface area contributed by atoms with Gasteiger partial charge in [0.2, 0.25) is 6.29 Å². The van der Waals surface area contributed by atoms with Gasteiger partial charge >= 0.3 is 7.82 Å². The van der Waals surface area contributed by atoms with Crippen molar-refractivity contribution in [3.05, 3.63) is 12.2 Å². The standard InChI is InChI=1S/C23H48NO5P/c1-5-6-7-8-9-10-11-12-13-14-15-16-17-18-19-20-21-28-23(22-24(2,3)4)29-30(25,26)27/h12-13,23H,5-11,14-22H2,1-4H3,(H-,25,26,27)/p+1/b13-12-. The minimum atomic E-state index is -4.54.